The summed E-state index contributed by atoms with van der Waals surface area (Å²) in [5.41, 5.74) is 11.1. The highest BCUT2D eigenvalue weighted by Gasteiger charge is 2.16. The predicted molar refractivity (Wildman–Crippen MR) is 60.9 cm³/mol. The predicted octanol–water partition coefficient (Wildman–Crippen LogP) is 1.87. The van der Waals surface area contributed by atoms with Gasteiger partial charge in [-0.3, -0.25) is 4.79 Å². The lowest BCUT2D eigenvalue weighted by molar-refractivity contribution is -0.118. The van der Waals surface area contributed by atoms with Crippen LogP contribution in [0, 0.1) is 17.6 Å². The highest BCUT2D eigenvalue weighted by atomic mass is 19.1. The molecule has 0 aliphatic carbocycles. The van der Waals surface area contributed by atoms with Crippen molar-refractivity contribution in [3.63, 3.8) is 0 Å². The molecule has 0 saturated carbocycles. The molecule has 1 rings (SSSR count). The largest absolute Gasteiger partial charge is 0.370 e. The van der Waals surface area contributed by atoms with E-state index in [0.29, 0.717) is 6.42 Å². The van der Waals surface area contributed by atoms with Gasteiger partial charge < -0.3 is 11.5 Å². The van der Waals surface area contributed by atoms with E-state index in [9.17, 15) is 13.6 Å². The van der Waals surface area contributed by atoms with Crippen molar-refractivity contribution in [2.45, 2.75) is 25.8 Å². The first-order valence-corrected chi connectivity index (χ1v) is 5.39. The summed E-state index contributed by atoms with van der Waals surface area (Å²) in [5, 5.41) is 0. The normalized spacial score (nSPS) is 14.4. The molecule has 1 aromatic carbocycles. The average Bonchev–Trinajstić information content (AvgIpc) is 2.15. The zero-order chi connectivity index (χ0) is 13.0. The number of rotatable bonds is 5. The van der Waals surface area contributed by atoms with Crippen molar-refractivity contribution in [3.05, 3.63) is 35.4 Å². The van der Waals surface area contributed by atoms with E-state index in [0.717, 1.165) is 12.1 Å². The van der Waals surface area contributed by atoms with Gasteiger partial charge in [0.05, 0.1) is 0 Å². The lowest BCUT2D eigenvalue weighted by atomic mass is 9.94. The molecule has 0 radical (unpaired) electrons. The Kier molecular flexibility index (Phi) is 4.57. The van der Waals surface area contributed by atoms with Crippen molar-refractivity contribution in [2.75, 3.05) is 0 Å². The maximum atomic E-state index is 13.4. The number of halogens is 2. The van der Waals surface area contributed by atoms with Gasteiger partial charge in [0.1, 0.15) is 11.6 Å². The Labute approximate surface area is 98.8 Å². The molecule has 2 unspecified atom stereocenters. The minimum absolute atomic E-state index is 0.0352. The van der Waals surface area contributed by atoms with E-state index in [1.807, 2.05) is 6.92 Å². The molecule has 0 heterocycles. The molecule has 1 aromatic rings. The molecule has 17 heavy (non-hydrogen) atoms. The van der Waals surface area contributed by atoms with E-state index in [-0.39, 0.29) is 17.9 Å². The standard InChI is InChI=1S/C12H16F2N2O/c1-7(5-12(16)17)4-11(15)9-3-2-8(13)6-10(9)14/h2-3,6-7,11H,4-5,15H2,1H3,(H2,16,17). The summed E-state index contributed by atoms with van der Waals surface area (Å²) < 4.78 is 26.1. The SMILES string of the molecule is CC(CC(N)=O)CC(N)c1ccc(F)cc1F. The Morgan fingerprint density at radius 1 is 1.41 bits per heavy atom. The minimum atomic E-state index is -0.663. The fourth-order valence-corrected chi connectivity index (χ4v) is 1.79. The molecular formula is C12H16F2N2O. The Hall–Kier alpha value is -1.49. The molecule has 3 nitrogen and oxygen atoms in total. The molecule has 4 N–H and O–H groups in total. The average molecular weight is 242 g/mol. The Morgan fingerprint density at radius 2 is 2.06 bits per heavy atom. The van der Waals surface area contributed by atoms with Gasteiger partial charge in [0.2, 0.25) is 5.91 Å². The van der Waals surface area contributed by atoms with Crippen LogP contribution < -0.4 is 11.5 Å². The first kappa shape index (κ1) is 13.6. The molecule has 0 saturated heterocycles. The van der Waals surface area contributed by atoms with E-state index in [1.165, 1.54) is 6.07 Å². The fraction of sp³-hybridized carbons (Fsp3) is 0.417. The number of carbonyl (C=O) groups is 1. The van der Waals surface area contributed by atoms with Crippen molar-refractivity contribution in [2.24, 2.45) is 17.4 Å². The van der Waals surface area contributed by atoms with Crippen LogP contribution >= 0.6 is 0 Å². The van der Waals surface area contributed by atoms with Crippen LogP contribution in [0.2, 0.25) is 0 Å². The van der Waals surface area contributed by atoms with Gasteiger partial charge >= 0.3 is 0 Å². The van der Waals surface area contributed by atoms with E-state index in [4.69, 9.17) is 11.5 Å². The minimum Gasteiger partial charge on any atom is -0.370 e. The third-order valence-corrected chi connectivity index (χ3v) is 2.57. The zero-order valence-corrected chi connectivity index (χ0v) is 9.62. The van der Waals surface area contributed by atoms with E-state index in [2.05, 4.69) is 0 Å². The van der Waals surface area contributed by atoms with Crippen molar-refractivity contribution >= 4 is 5.91 Å². The summed E-state index contributed by atoms with van der Waals surface area (Å²) in [6.45, 7) is 1.81. The lowest BCUT2D eigenvalue weighted by Crippen LogP contribution is -2.20. The molecule has 0 bridgehead atoms. The fourth-order valence-electron chi connectivity index (χ4n) is 1.79. The lowest BCUT2D eigenvalue weighted by Gasteiger charge is -2.17. The highest BCUT2D eigenvalue weighted by molar-refractivity contribution is 5.73. The number of nitrogens with two attached hydrogens (primary N) is 2. The van der Waals surface area contributed by atoms with Gasteiger partial charge in [-0.15, -0.1) is 0 Å². The molecule has 5 heteroatoms. The molecule has 1 amide bonds. The first-order valence-electron chi connectivity index (χ1n) is 5.39. The topological polar surface area (TPSA) is 69.1 Å². The third kappa shape index (κ3) is 4.11. The van der Waals surface area contributed by atoms with Gasteiger partial charge in [0.25, 0.3) is 0 Å². The third-order valence-electron chi connectivity index (χ3n) is 2.57. The summed E-state index contributed by atoms with van der Waals surface area (Å²) in [7, 11) is 0. The summed E-state index contributed by atoms with van der Waals surface area (Å²) in [6.07, 6.45) is 0.627. The summed E-state index contributed by atoms with van der Waals surface area (Å²) in [5.74, 6) is -1.75. The number of carbonyl (C=O) groups excluding carboxylic acids is 1. The maximum absolute atomic E-state index is 13.4. The summed E-state index contributed by atoms with van der Waals surface area (Å²) >= 11 is 0. The molecule has 94 valence electrons. The first-order chi connectivity index (χ1) is 7.90. The second kappa shape index (κ2) is 5.72. The Bertz CT molecular complexity index is 409. The van der Waals surface area contributed by atoms with Crippen LogP contribution in [0.5, 0.6) is 0 Å². The summed E-state index contributed by atoms with van der Waals surface area (Å²) in [6, 6.07) is 2.72. The monoisotopic (exact) mass is 242 g/mol. The smallest absolute Gasteiger partial charge is 0.217 e. The number of amides is 1. The number of hydrogen-bond acceptors (Lipinski definition) is 2. The van der Waals surface area contributed by atoms with Crippen LogP contribution in [0.15, 0.2) is 18.2 Å². The van der Waals surface area contributed by atoms with E-state index in [1.54, 1.807) is 0 Å². The van der Waals surface area contributed by atoms with Crippen LogP contribution in [0.25, 0.3) is 0 Å². The van der Waals surface area contributed by atoms with Crippen LogP contribution in [0.4, 0.5) is 8.78 Å². The molecular weight excluding hydrogens is 226 g/mol. The second-order valence-electron chi connectivity index (χ2n) is 4.28. The van der Waals surface area contributed by atoms with Crippen molar-refractivity contribution < 1.29 is 13.6 Å². The van der Waals surface area contributed by atoms with E-state index < -0.39 is 23.6 Å². The van der Waals surface area contributed by atoms with Crippen LogP contribution in [0.1, 0.15) is 31.4 Å². The number of hydrogen-bond donors (Lipinski definition) is 2. The maximum Gasteiger partial charge on any atom is 0.217 e. The van der Waals surface area contributed by atoms with Gasteiger partial charge in [-0.2, -0.15) is 0 Å². The van der Waals surface area contributed by atoms with Gasteiger partial charge in [-0.25, -0.2) is 8.78 Å². The van der Waals surface area contributed by atoms with Gasteiger partial charge in [-0.1, -0.05) is 13.0 Å². The van der Waals surface area contributed by atoms with E-state index >= 15 is 0 Å². The molecule has 2 atom stereocenters. The van der Waals surface area contributed by atoms with Crippen molar-refractivity contribution in [1.82, 2.24) is 0 Å². The number of benzene rings is 1. The zero-order valence-electron chi connectivity index (χ0n) is 9.62. The second-order valence-corrected chi connectivity index (χ2v) is 4.28. The highest BCUT2D eigenvalue weighted by Crippen LogP contribution is 2.23. The molecule has 0 aromatic heterocycles. The molecule has 0 aliphatic rings. The molecule has 0 spiro atoms. The molecule has 0 aliphatic heterocycles. The van der Waals surface area contributed by atoms with Crippen LogP contribution in [0.3, 0.4) is 0 Å². The van der Waals surface area contributed by atoms with Crippen molar-refractivity contribution in [3.8, 4) is 0 Å². The van der Waals surface area contributed by atoms with Gasteiger partial charge in [0.15, 0.2) is 0 Å². The van der Waals surface area contributed by atoms with Crippen molar-refractivity contribution in [1.29, 1.82) is 0 Å². The quantitative estimate of drug-likeness (QED) is 0.827. The van der Waals surface area contributed by atoms with Gasteiger partial charge in [0, 0.05) is 24.1 Å². The summed E-state index contributed by atoms with van der Waals surface area (Å²) in [4.78, 5) is 10.7. The Balaban J connectivity index is 2.69. The Morgan fingerprint density at radius 3 is 2.59 bits per heavy atom. The van der Waals surface area contributed by atoms with Crippen LogP contribution in [-0.4, -0.2) is 5.91 Å². The number of primary amides is 1. The van der Waals surface area contributed by atoms with Gasteiger partial charge in [-0.05, 0) is 18.4 Å². The van der Waals surface area contributed by atoms with Crippen LogP contribution in [-0.2, 0) is 4.79 Å². The molecule has 0 fully saturated rings.